The lowest BCUT2D eigenvalue weighted by Gasteiger charge is -2.10. The van der Waals surface area contributed by atoms with Crippen LogP contribution in [-0.2, 0) is 17.6 Å². The molecule has 33 heavy (non-hydrogen) atoms. The highest BCUT2D eigenvalue weighted by molar-refractivity contribution is 7.12. The van der Waals surface area contributed by atoms with Gasteiger partial charge in [0.05, 0.1) is 30.1 Å². The Morgan fingerprint density at radius 3 is 2.67 bits per heavy atom. The molecule has 4 aromatic rings. The maximum absolute atomic E-state index is 12.6. The smallest absolute Gasteiger partial charge is 0.230 e. The van der Waals surface area contributed by atoms with Crippen LogP contribution < -0.4 is 10.1 Å². The monoisotopic (exact) mass is 480 g/mol. The molecule has 2 aromatic heterocycles. The summed E-state index contributed by atoms with van der Waals surface area (Å²) < 4.78 is 7.44. The van der Waals surface area contributed by atoms with Gasteiger partial charge in [-0.15, -0.1) is 11.3 Å². The van der Waals surface area contributed by atoms with Crippen LogP contribution in [0.15, 0.2) is 53.9 Å². The first-order valence-corrected chi connectivity index (χ1v) is 12.0. The Labute approximate surface area is 202 Å². The zero-order valence-electron chi connectivity index (χ0n) is 18.8. The first-order chi connectivity index (χ1) is 15.9. The minimum atomic E-state index is -0.143. The quantitative estimate of drug-likeness (QED) is 0.347. The molecule has 0 aliphatic heterocycles. The Balaban J connectivity index is 1.47. The lowest BCUT2D eigenvalue weighted by Crippen LogP contribution is -2.15. The summed E-state index contributed by atoms with van der Waals surface area (Å²) >= 11 is 7.48. The molecule has 0 bridgehead atoms. The number of anilines is 1. The number of halogens is 1. The van der Waals surface area contributed by atoms with Gasteiger partial charge in [-0.25, -0.2) is 9.67 Å². The van der Waals surface area contributed by atoms with Crippen LogP contribution in [-0.4, -0.2) is 27.3 Å². The van der Waals surface area contributed by atoms with Crippen LogP contribution >= 0.6 is 22.9 Å². The molecule has 0 radical (unpaired) electrons. The topological polar surface area (TPSA) is 69.0 Å². The van der Waals surface area contributed by atoms with Gasteiger partial charge < -0.3 is 10.1 Å². The second-order valence-corrected chi connectivity index (χ2v) is 8.91. The SMILES string of the molecule is CCOc1ccccc1NC(=O)Cc1csc(-n2nc(C)c(Cc3ccc(Cl)cc3)c2C)n1. The number of hydrogen-bond acceptors (Lipinski definition) is 5. The molecule has 0 aliphatic carbocycles. The molecule has 2 heterocycles. The molecule has 0 atom stereocenters. The van der Waals surface area contributed by atoms with Crippen molar-refractivity contribution in [3.63, 3.8) is 0 Å². The van der Waals surface area contributed by atoms with Gasteiger partial charge in [0.15, 0.2) is 0 Å². The normalized spacial score (nSPS) is 10.9. The van der Waals surface area contributed by atoms with Crippen molar-refractivity contribution >= 4 is 34.5 Å². The fourth-order valence-electron chi connectivity index (χ4n) is 3.61. The van der Waals surface area contributed by atoms with Crippen LogP contribution in [0, 0.1) is 13.8 Å². The molecule has 0 unspecified atom stereocenters. The third-order valence-electron chi connectivity index (χ3n) is 5.26. The number of aromatic nitrogens is 3. The molecule has 0 saturated carbocycles. The van der Waals surface area contributed by atoms with Gasteiger partial charge >= 0.3 is 0 Å². The molecule has 2 aromatic carbocycles. The Bertz CT molecular complexity index is 1260. The molecule has 8 heteroatoms. The number of nitrogens with zero attached hydrogens (tertiary/aromatic N) is 3. The maximum atomic E-state index is 12.6. The van der Waals surface area contributed by atoms with Crippen LogP contribution in [0.2, 0.25) is 5.02 Å². The van der Waals surface area contributed by atoms with Crippen LogP contribution in [0.5, 0.6) is 5.75 Å². The van der Waals surface area contributed by atoms with E-state index in [0.29, 0.717) is 23.7 Å². The Hall–Kier alpha value is -3.16. The van der Waals surface area contributed by atoms with Crippen molar-refractivity contribution < 1.29 is 9.53 Å². The standard InChI is InChI=1S/C25H25ClN4O2S/c1-4-32-23-8-6-5-7-22(23)28-24(31)14-20-15-33-25(27-20)30-17(3)21(16(2)29-30)13-18-9-11-19(26)12-10-18/h5-12,15H,4,13-14H2,1-3H3,(H,28,31). The van der Waals surface area contributed by atoms with E-state index >= 15 is 0 Å². The summed E-state index contributed by atoms with van der Waals surface area (Å²) in [6, 6.07) is 15.3. The number of aryl methyl sites for hydroxylation is 1. The lowest BCUT2D eigenvalue weighted by atomic mass is 10.0. The Morgan fingerprint density at radius 1 is 1.15 bits per heavy atom. The molecule has 6 nitrogen and oxygen atoms in total. The van der Waals surface area contributed by atoms with Gasteiger partial charge in [0.1, 0.15) is 5.75 Å². The highest BCUT2D eigenvalue weighted by atomic mass is 35.5. The average Bonchev–Trinajstić information content (AvgIpc) is 3.36. The fourth-order valence-corrected chi connectivity index (χ4v) is 4.56. The van der Waals surface area contributed by atoms with Crippen molar-refractivity contribution in [2.45, 2.75) is 33.6 Å². The Kier molecular flexibility index (Phi) is 7.11. The number of para-hydroxylation sites is 2. The molecular weight excluding hydrogens is 456 g/mol. The largest absolute Gasteiger partial charge is 0.492 e. The summed E-state index contributed by atoms with van der Waals surface area (Å²) in [6.45, 7) is 6.50. The minimum absolute atomic E-state index is 0.143. The predicted molar refractivity (Wildman–Crippen MR) is 133 cm³/mol. The van der Waals surface area contributed by atoms with Gasteiger partial charge in [0.25, 0.3) is 0 Å². The number of benzene rings is 2. The van der Waals surface area contributed by atoms with E-state index in [0.717, 1.165) is 28.0 Å². The second kappa shape index (κ2) is 10.2. The van der Waals surface area contributed by atoms with Crippen molar-refractivity contribution in [3.05, 3.63) is 87.1 Å². The zero-order chi connectivity index (χ0) is 23.4. The summed E-state index contributed by atoms with van der Waals surface area (Å²) in [5, 5.41) is 11.0. The van der Waals surface area contributed by atoms with E-state index in [-0.39, 0.29) is 12.3 Å². The Morgan fingerprint density at radius 2 is 1.91 bits per heavy atom. The number of amides is 1. The number of nitrogens with one attached hydrogen (secondary N) is 1. The number of hydrogen-bond donors (Lipinski definition) is 1. The van der Waals surface area contributed by atoms with Gasteiger partial charge in [-0.3, -0.25) is 4.79 Å². The third-order valence-corrected chi connectivity index (χ3v) is 6.38. The van der Waals surface area contributed by atoms with Crippen molar-refractivity contribution in [1.29, 1.82) is 0 Å². The number of thiazole rings is 1. The van der Waals surface area contributed by atoms with Crippen LogP contribution in [0.4, 0.5) is 5.69 Å². The number of ether oxygens (including phenoxy) is 1. The summed E-state index contributed by atoms with van der Waals surface area (Å²) in [5.41, 5.74) is 5.70. The van der Waals surface area contributed by atoms with E-state index in [9.17, 15) is 4.79 Å². The molecular formula is C25H25ClN4O2S. The van der Waals surface area contributed by atoms with E-state index < -0.39 is 0 Å². The predicted octanol–water partition coefficient (Wildman–Crippen LogP) is 5.77. The summed E-state index contributed by atoms with van der Waals surface area (Å²) in [6.07, 6.45) is 0.947. The number of carbonyl (C=O) groups excluding carboxylic acids is 1. The van der Waals surface area contributed by atoms with Gasteiger partial charge in [-0.2, -0.15) is 5.10 Å². The van der Waals surface area contributed by atoms with Gasteiger partial charge in [-0.1, -0.05) is 35.9 Å². The second-order valence-electron chi connectivity index (χ2n) is 7.64. The summed E-state index contributed by atoms with van der Waals surface area (Å²) in [4.78, 5) is 17.3. The third kappa shape index (κ3) is 5.43. The maximum Gasteiger partial charge on any atom is 0.230 e. The first kappa shape index (κ1) is 23.0. The molecule has 170 valence electrons. The molecule has 1 N–H and O–H groups in total. The molecule has 0 saturated heterocycles. The van der Waals surface area contributed by atoms with Gasteiger partial charge in [0.2, 0.25) is 11.0 Å². The molecule has 0 fully saturated rings. The van der Waals surface area contributed by atoms with E-state index in [4.69, 9.17) is 21.4 Å². The summed E-state index contributed by atoms with van der Waals surface area (Å²) in [5.74, 6) is 0.513. The van der Waals surface area contributed by atoms with Crippen molar-refractivity contribution in [1.82, 2.24) is 14.8 Å². The molecule has 4 rings (SSSR count). The van der Waals surface area contributed by atoms with Crippen molar-refractivity contribution in [2.75, 3.05) is 11.9 Å². The number of rotatable bonds is 8. The van der Waals surface area contributed by atoms with Crippen LogP contribution in [0.1, 0.15) is 35.1 Å². The van der Waals surface area contributed by atoms with Gasteiger partial charge in [-0.05, 0) is 50.6 Å². The molecule has 0 spiro atoms. The van der Waals surface area contributed by atoms with E-state index in [1.54, 1.807) is 0 Å². The summed E-state index contributed by atoms with van der Waals surface area (Å²) in [7, 11) is 0. The number of carbonyl (C=O) groups is 1. The van der Waals surface area contributed by atoms with E-state index in [1.165, 1.54) is 22.5 Å². The first-order valence-electron chi connectivity index (χ1n) is 10.7. The van der Waals surface area contributed by atoms with E-state index in [1.807, 2.05) is 79.4 Å². The lowest BCUT2D eigenvalue weighted by molar-refractivity contribution is -0.115. The van der Waals surface area contributed by atoms with Crippen LogP contribution in [0.3, 0.4) is 0 Å². The highest BCUT2D eigenvalue weighted by Gasteiger charge is 2.17. The average molecular weight is 481 g/mol. The van der Waals surface area contributed by atoms with Crippen LogP contribution in [0.25, 0.3) is 5.13 Å². The molecule has 1 amide bonds. The highest BCUT2D eigenvalue weighted by Crippen LogP contribution is 2.25. The zero-order valence-corrected chi connectivity index (χ0v) is 20.3. The van der Waals surface area contributed by atoms with E-state index in [2.05, 4.69) is 10.3 Å². The van der Waals surface area contributed by atoms with Crippen molar-refractivity contribution in [2.24, 2.45) is 0 Å². The van der Waals surface area contributed by atoms with Gasteiger partial charge in [0, 0.05) is 28.1 Å². The molecule has 0 aliphatic rings. The minimum Gasteiger partial charge on any atom is -0.492 e. The van der Waals surface area contributed by atoms with Crippen molar-refractivity contribution in [3.8, 4) is 10.9 Å². The fraction of sp³-hybridized carbons (Fsp3) is 0.240.